The predicted octanol–water partition coefficient (Wildman–Crippen LogP) is 6.02. The minimum absolute atomic E-state index is 0.0153. The third-order valence-electron chi connectivity index (χ3n) is 6.93. The van der Waals surface area contributed by atoms with E-state index in [2.05, 4.69) is 5.16 Å². The molecule has 4 rings (SSSR count). The second kappa shape index (κ2) is 9.07. The van der Waals surface area contributed by atoms with Gasteiger partial charge in [-0.15, -0.1) is 0 Å². The molecule has 0 bridgehead atoms. The molecular weight excluding hydrogens is 562 g/mol. The van der Waals surface area contributed by atoms with E-state index in [9.17, 15) is 26.0 Å². The van der Waals surface area contributed by atoms with Crippen LogP contribution in [0.15, 0.2) is 41.6 Å². The predicted molar refractivity (Wildman–Crippen MR) is 131 cm³/mol. The molecule has 2 aromatic rings. The third-order valence-corrected chi connectivity index (χ3v) is 9.61. The normalized spacial score (nSPS) is 22.4. The van der Waals surface area contributed by atoms with Gasteiger partial charge < -0.3 is 4.84 Å². The Hall–Kier alpha value is -1.95. The fourth-order valence-corrected chi connectivity index (χ4v) is 5.33. The van der Waals surface area contributed by atoms with Crippen molar-refractivity contribution >= 4 is 38.8 Å². The average Bonchev–Trinajstić information content (AvgIpc) is 3.22. The zero-order valence-electron chi connectivity index (χ0n) is 20.0. The van der Waals surface area contributed by atoms with Crippen molar-refractivity contribution in [1.29, 1.82) is 0 Å². The van der Waals surface area contributed by atoms with Crippen LogP contribution in [0.3, 0.4) is 0 Å². The standard InChI is InChI=1S/C24H23Cl2F5N2O3S/c1-21(2,37(3,34)35)11-33-12-22(28,13-33)15-6-4-14(5-7-15)19-10-23(36-32-19,24(29,30)31)16-8-17(25)20(27)18(26)9-16/h4-9H,10-13H2,1-3H3. The summed E-state index contributed by atoms with van der Waals surface area (Å²) < 4.78 is 94.6. The van der Waals surface area contributed by atoms with E-state index in [1.807, 2.05) is 0 Å². The second-order valence-electron chi connectivity index (χ2n) is 10.1. The summed E-state index contributed by atoms with van der Waals surface area (Å²) in [6.45, 7) is 3.29. The number of benzene rings is 2. The molecule has 202 valence electrons. The first kappa shape index (κ1) is 28.1. The van der Waals surface area contributed by atoms with E-state index < -0.39 is 59.9 Å². The number of halogens is 7. The molecule has 2 aliphatic rings. The van der Waals surface area contributed by atoms with E-state index in [0.717, 1.165) is 18.4 Å². The first-order valence-corrected chi connectivity index (χ1v) is 13.7. The van der Waals surface area contributed by atoms with Crippen LogP contribution < -0.4 is 0 Å². The van der Waals surface area contributed by atoms with Gasteiger partial charge in [-0.05, 0) is 37.1 Å². The van der Waals surface area contributed by atoms with Crippen LogP contribution in [-0.4, -0.2) is 55.8 Å². The van der Waals surface area contributed by atoms with E-state index in [4.69, 9.17) is 28.0 Å². The zero-order chi connectivity index (χ0) is 27.6. The summed E-state index contributed by atoms with van der Waals surface area (Å²) in [5, 5.41) is 2.47. The highest BCUT2D eigenvalue weighted by atomic mass is 35.5. The lowest BCUT2D eigenvalue weighted by atomic mass is 9.84. The van der Waals surface area contributed by atoms with E-state index in [1.54, 1.807) is 18.7 Å². The fraction of sp³-hybridized carbons (Fsp3) is 0.458. The molecule has 5 nitrogen and oxygen atoms in total. The Morgan fingerprint density at radius 2 is 1.59 bits per heavy atom. The van der Waals surface area contributed by atoms with E-state index in [-0.39, 0.29) is 30.9 Å². The van der Waals surface area contributed by atoms with Crippen LogP contribution in [0.5, 0.6) is 0 Å². The molecule has 0 radical (unpaired) electrons. The highest BCUT2D eigenvalue weighted by molar-refractivity contribution is 7.92. The van der Waals surface area contributed by atoms with Crippen LogP contribution >= 0.6 is 23.2 Å². The molecule has 1 saturated heterocycles. The van der Waals surface area contributed by atoms with Crippen LogP contribution in [0.4, 0.5) is 22.0 Å². The van der Waals surface area contributed by atoms with Crippen molar-refractivity contribution in [3.05, 3.63) is 69.0 Å². The largest absolute Gasteiger partial charge is 0.435 e. The molecule has 0 N–H and O–H groups in total. The summed E-state index contributed by atoms with van der Waals surface area (Å²) in [7, 11) is -3.34. The van der Waals surface area contributed by atoms with Crippen molar-refractivity contribution in [2.24, 2.45) is 5.16 Å². The molecule has 1 unspecified atom stereocenters. The lowest BCUT2D eigenvalue weighted by Crippen LogP contribution is -2.60. The van der Waals surface area contributed by atoms with Gasteiger partial charge in [0.2, 0.25) is 0 Å². The van der Waals surface area contributed by atoms with Crippen molar-refractivity contribution in [1.82, 2.24) is 4.90 Å². The quantitative estimate of drug-likeness (QED) is 0.308. The monoisotopic (exact) mass is 584 g/mol. The highest BCUT2D eigenvalue weighted by Crippen LogP contribution is 2.50. The van der Waals surface area contributed by atoms with Gasteiger partial charge in [-0.1, -0.05) is 52.6 Å². The molecule has 0 spiro atoms. The van der Waals surface area contributed by atoms with Gasteiger partial charge >= 0.3 is 6.18 Å². The summed E-state index contributed by atoms with van der Waals surface area (Å²) in [6, 6.07) is 7.40. The lowest BCUT2D eigenvalue weighted by Gasteiger charge is -2.47. The van der Waals surface area contributed by atoms with Crippen molar-refractivity contribution < 1.29 is 35.2 Å². The number of oxime groups is 1. The Labute approximate surface area is 221 Å². The van der Waals surface area contributed by atoms with Crippen LogP contribution in [0.2, 0.25) is 10.0 Å². The number of sulfone groups is 1. The first-order chi connectivity index (χ1) is 16.9. The van der Waals surface area contributed by atoms with Gasteiger partial charge in [0.15, 0.2) is 21.3 Å². The molecule has 2 aromatic carbocycles. The highest BCUT2D eigenvalue weighted by Gasteiger charge is 2.62. The van der Waals surface area contributed by atoms with Gasteiger partial charge in [-0.25, -0.2) is 17.2 Å². The van der Waals surface area contributed by atoms with Gasteiger partial charge in [0.05, 0.1) is 20.5 Å². The average molecular weight is 585 g/mol. The Morgan fingerprint density at radius 3 is 2.08 bits per heavy atom. The Balaban J connectivity index is 1.51. The molecule has 1 atom stereocenters. The minimum atomic E-state index is -4.94. The topological polar surface area (TPSA) is 59.0 Å². The van der Waals surface area contributed by atoms with E-state index >= 15 is 4.39 Å². The number of hydrogen-bond acceptors (Lipinski definition) is 5. The maximum atomic E-state index is 15.4. The molecule has 0 aliphatic carbocycles. The SMILES string of the molecule is CC(C)(CN1CC(F)(c2ccc(C3=NOC(c4cc(Cl)c(F)c(Cl)c4)(C(F)(F)F)C3)cc2)C1)S(C)(=O)=O. The number of hydrogen-bond donors (Lipinski definition) is 0. The summed E-state index contributed by atoms with van der Waals surface area (Å²) in [5.41, 5.74) is -4.60. The Bertz CT molecular complexity index is 1330. The maximum absolute atomic E-state index is 15.4. The van der Waals surface area contributed by atoms with Crippen LogP contribution in [0, 0.1) is 5.82 Å². The second-order valence-corrected chi connectivity index (χ2v) is 13.6. The van der Waals surface area contributed by atoms with Crippen molar-refractivity contribution in [2.45, 2.75) is 42.5 Å². The molecule has 13 heteroatoms. The van der Waals surface area contributed by atoms with Gasteiger partial charge in [-0.2, -0.15) is 13.2 Å². The molecule has 1 fully saturated rings. The molecule has 2 heterocycles. The van der Waals surface area contributed by atoms with Crippen molar-refractivity contribution in [2.75, 3.05) is 25.9 Å². The smallest absolute Gasteiger partial charge is 0.374 e. The van der Waals surface area contributed by atoms with Crippen LogP contribution in [-0.2, 0) is 25.9 Å². The zero-order valence-corrected chi connectivity index (χ0v) is 22.3. The molecule has 0 saturated carbocycles. The minimum Gasteiger partial charge on any atom is -0.374 e. The van der Waals surface area contributed by atoms with Crippen LogP contribution in [0.1, 0.15) is 37.0 Å². The Morgan fingerprint density at radius 1 is 1.05 bits per heavy atom. The summed E-state index contributed by atoms with van der Waals surface area (Å²) >= 11 is 11.4. The fourth-order valence-electron chi connectivity index (χ4n) is 4.42. The molecular formula is C24H23Cl2F5N2O3S. The van der Waals surface area contributed by atoms with E-state index in [1.165, 1.54) is 24.3 Å². The van der Waals surface area contributed by atoms with Gasteiger partial charge in [0.25, 0.3) is 5.60 Å². The Kier molecular flexibility index (Phi) is 6.88. The summed E-state index contributed by atoms with van der Waals surface area (Å²) in [5.74, 6) is -1.05. The van der Waals surface area contributed by atoms with Gasteiger partial charge in [0, 0.05) is 37.9 Å². The molecule has 37 heavy (non-hydrogen) atoms. The lowest BCUT2D eigenvalue weighted by molar-refractivity contribution is -0.275. The number of alkyl halides is 4. The van der Waals surface area contributed by atoms with E-state index in [0.29, 0.717) is 5.56 Å². The number of likely N-dealkylation sites (tertiary alicyclic amines) is 1. The third kappa shape index (κ3) is 4.95. The number of nitrogens with zero attached hydrogens (tertiary/aromatic N) is 2. The van der Waals surface area contributed by atoms with Gasteiger partial charge in [0.1, 0.15) is 0 Å². The van der Waals surface area contributed by atoms with Crippen LogP contribution in [0.25, 0.3) is 0 Å². The van der Waals surface area contributed by atoms with Crippen molar-refractivity contribution in [3.8, 4) is 0 Å². The maximum Gasteiger partial charge on any atom is 0.435 e. The molecule has 0 aromatic heterocycles. The first-order valence-electron chi connectivity index (χ1n) is 11.1. The molecule has 2 aliphatic heterocycles. The summed E-state index contributed by atoms with van der Waals surface area (Å²) in [6.07, 6.45) is -4.54. The van der Waals surface area contributed by atoms with Crippen molar-refractivity contribution in [3.63, 3.8) is 0 Å². The van der Waals surface area contributed by atoms with Gasteiger partial charge in [-0.3, -0.25) is 4.90 Å². The summed E-state index contributed by atoms with van der Waals surface area (Å²) in [4.78, 5) is 6.61. The number of rotatable bonds is 6. The molecule has 0 amide bonds.